The third-order valence-electron chi connectivity index (χ3n) is 3.46. The molecule has 3 nitrogen and oxygen atoms in total. The van der Waals surface area contributed by atoms with Crippen molar-refractivity contribution < 1.29 is 4.79 Å². The molecule has 18 heavy (non-hydrogen) atoms. The Morgan fingerprint density at radius 2 is 2.39 bits per heavy atom. The highest BCUT2D eigenvalue weighted by atomic mass is 127. The zero-order valence-corrected chi connectivity index (χ0v) is 14.0. The van der Waals surface area contributed by atoms with Crippen LogP contribution in [0.1, 0.15) is 26.2 Å². The Hall–Kier alpha value is -0.140. The summed E-state index contributed by atoms with van der Waals surface area (Å²) < 4.78 is 2.02. The Bertz CT molecular complexity index is 458. The van der Waals surface area contributed by atoms with Gasteiger partial charge in [0.25, 0.3) is 0 Å². The van der Waals surface area contributed by atoms with Gasteiger partial charge in [-0.3, -0.25) is 4.79 Å². The van der Waals surface area contributed by atoms with Gasteiger partial charge in [-0.2, -0.15) is 0 Å². The molecule has 0 spiro atoms. The van der Waals surface area contributed by atoms with Crippen molar-refractivity contribution in [1.82, 2.24) is 5.32 Å². The molecule has 1 atom stereocenters. The Balaban J connectivity index is 2.18. The maximum atomic E-state index is 12.4. The van der Waals surface area contributed by atoms with Crippen LogP contribution in [0.25, 0.3) is 0 Å². The van der Waals surface area contributed by atoms with Gasteiger partial charge in [0.05, 0.1) is 11.2 Å². The molecule has 1 saturated heterocycles. The van der Waals surface area contributed by atoms with Crippen LogP contribution >= 0.6 is 38.5 Å². The fourth-order valence-corrected chi connectivity index (χ4v) is 3.13. The molecule has 1 amide bonds. The molecule has 1 unspecified atom stereocenters. The lowest BCUT2D eigenvalue weighted by atomic mass is 9.93. The van der Waals surface area contributed by atoms with Crippen LogP contribution in [0.2, 0.25) is 0 Å². The molecule has 0 aromatic heterocycles. The van der Waals surface area contributed by atoms with Gasteiger partial charge in [-0.25, -0.2) is 0 Å². The van der Waals surface area contributed by atoms with Crippen molar-refractivity contribution in [2.75, 3.05) is 11.9 Å². The fraction of sp³-hybridized carbons (Fsp3) is 0.462. The van der Waals surface area contributed by atoms with Gasteiger partial charge in [0.2, 0.25) is 5.91 Å². The predicted molar refractivity (Wildman–Crippen MR) is 85.7 cm³/mol. The molecule has 1 aromatic rings. The summed E-state index contributed by atoms with van der Waals surface area (Å²) in [4.78, 5) is 12.4. The lowest BCUT2D eigenvalue weighted by molar-refractivity contribution is -0.122. The van der Waals surface area contributed by atoms with E-state index in [0.717, 1.165) is 39.5 Å². The van der Waals surface area contributed by atoms with Crippen LogP contribution < -0.4 is 10.6 Å². The molecule has 1 aliphatic heterocycles. The van der Waals surface area contributed by atoms with Crippen molar-refractivity contribution in [2.24, 2.45) is 0 Å². The molecule has 0 radical (unpaired) electrons. The van der Waals surface area contributed by atoms with E-state index in [2.05, 4.69) is 56.1 Å². The molecule has 98 valence electrons. The van der Waals surface area contributed by atoms with Crippen molar-refractivity contribution in [3.8, 4) is 0 Å². The van der Waals surface area contributed by atoms with E-state index in [-0.39, 0.29) is 11.4 Å². The SMILES string of the molecule is CCC1(C(=O)Nc2cc(I)ccc2Br)CCCN1. The first-order valence-corrected chi connectivity index (χ1v) is 7.96. The minimum absolute atomic E-state index is 0.0743. The largest absolute Gasteiger partial charge is 0.323 e. The summed E-state index contributed by atoms with van der Waals surface area (Å²) >= 11 is 5.71. The molecule has 0 saturated carbocycles. The van der Waals surface area contributed by atoms with E-state index < -0.39 is 0 Å². The zero-order chi connectivity index (χ0) is 13.2. The number of carbonyl (C=O) groups excluding carboxylic acids is 1. The lowest BCUT2D eigenvalue weighted by Crippen LogP contribution is -2.50. The first kappa shape index (κ1) is 14.3. The predicted octanol–water partition coefficient (Wildman–Crippen LogP) is 3.52. The van der Waals surface area contributed by atoms with Gasteiger partial charge in [-0.05, 0) is 82.5 Å². The molecule has 1 heterocycles. The van der Waals surface area contributed by atoms with E-state index in [0.29, 0.717) is 0 Å². The maximum Gasteiger partial charge on any atom is 0.244 e. The Morgan fingerprint density at radius 3 is 3.00 bits per heavy atom. The monoisotopic (exact) mass is 422 g/mol. The van der Waals surface area contributed by atoms with Gasteiger partial charge in [0, 0.05) is 8.04 Å². The summed E-state index contributed by atoms with van der Waals surface area (Å²) in [5, 5.41) is 6.38. The molecule has 2 N–H and O–H groups in total. The number of nitrogens with one attached hydrogen (secondary N) is 2. The van der Waals surface area contributed by atoms with E-state index >= 15 is 0 Å². The molecular formula is C13H16BrIN2O. The average molecular weight is 423 g/mol. The van der Waals surface area contributed by atoms with Gasteiger partial charge >= 0.3 is 0 Å². The number of amides is 1. The summed E-state index contributed by atoms with van der Waals surface area (Å²) in [5.74, 6) is 0.0743. The number of hydrogen-bond donors (Lipinski definition) is 2. The second-order valence-electron chi connectivity index (χ2n) is 4.54. The van der Waals surface area contributed by atoms with Crippen LogP contribution in [-0.4, -0.2) is 18.0 Å². The van der Waals surface area contributed by atoms with Gasteiger partial charge in [0.15, 0.2) is 0 Å². The van der Waals surface area contributed by atoms with Crippen molar-refractivity contribution in [3.63, 3.8) is 0 Å². The summed E-state index contributed by atoms with van der Waals surface area (Å²) in [6, 6.07) is 5.93. The van der Waals surface area contributed by atoms with Crippen molar-refractivity contribution in [2.45, 2.75) is 31.7 Å². The lowest BCUT2D eigenvalue weighted by Gasteiger charge is -2.27. The van der Waals surface area contributed by atoms with Crippen LogP contribution in [-0.2, 0) is 4.79 Å². The third-order valence-corrected chi connectivity index (χ3v) is 4.82. The summed E-state index contributed by atoms with van der Waals surface area (Å²) in [6.07, 6.45) is 2.80. The quantitative estimate of drug-likeness (QED) is 0.731. The minimum Gasteiger partial charge on any atom is -0.323 e. The number of rotatable bonds is 3. The smallest absolute Gasteiger partial charge is 0.244 e. The second kappa shape index (κ2) is 5.88. The molecule has 2 rings (SSSR count). The minimum atomic E-state index is -0.388. The van der Waals surface area contributed by atoms with Gasteiger partial charge in [0.1, 0.15) is 0 Å². The number of anilines is 1. The molecule has 0 bridgehead atoms. The van der Waals surface area contributed by atoms with E-state index in [1.165, 1.54) is 0 Å². The van der Waals surface area contributed by atoms with Crippen LogP contribution in [0.15, 0.2) is 22.7 Å². The van der Waals surface area contributed by atoms with Crippen LogP contribution in [0.3, 0.4) is 0 Å². The van der Waals surface area contributed by atoms with E-state index in [9.17, 15) is 4.79 Å². The van der Waals surface area contributed by atoms with Crippen LogP contribution in [0.5, 0.6) is 0 Å². The highest BCUT2D eigenvalue weighted by Gasteiger charge is 2.39. The highest BCUT2D eigenvalue weighted by Crippen LogP contribution is 2.28. The molecule has 0 aliphatic carbocycles. The first-order chi connectivity index (χ1) is 8.57. The fourth-order valence-electron chi connectivity index (χ4n) is 2.30. The molecule has 5 heteroatoms. The number of hydrogen-bond acceptors (Lipinski definition) is 2. The topological polar surface area (TPSA) is 41.1 Å². The Kier molecular flexibility index (Phi) is 4.66. The Morgan fingerprint density at radius 1 is 1.61 bits per heavy atom. The van der Waals surface area contributed by atoms with E-state index in [1.807, 2.05) is 18.2 Å². The van der Waals surface area contributed by atoms with Crippen LogP contribution in [0.4, 0.5) is 5.69 Å². The summed E-state index contributed by atoms with van der Waals surface area (Å²) in [7, 11) is 0. The van der Waals surface area contributed by atoms with Gasteiger partial charge in [-0.1, -0.05) is 6.92 Å². The molecule has 1 fully saturated rings. The standard InChI is InChI=1S/C13H16BrIN2O/c1-2-13(6-3-7-16-13)12(18)17-11-8-9(15)4-5-10(11)14/h4-5,8,16H,2-3,6-7H2,1H3,(H,17,18). The van der Waals surface area contributed by atoms with E-state index in [1.54, 1.807) is 0 Å². The summed E-state index contributed by atoms with van der Waals surface area (Å²) in [5.41, 5.74) is 0.453. The third kappa shape index (κ3) is 2.88. The van der Waals surface area contributed by atoms with Crippen LogP contribution in [0, 0.1) is 3.57 Å². The van der Waals surface area contributed by atoms with Crippen molar-refractivity contribution in [1.29, 1.82) is 0 Å². The second-order valence-corrected chi connectivity index (χ2v) is 6.64. The molecular weight excluding hydrogens is 407 g/mol. The number of carbonyl (C=O) groups is 1. The Labute approximate surface area is 129 Å². The molecule has 1 aromatic carbocycles. The maximum absolute atomic E-state index is 12.4. The van der Waals surface area contributed by atoms with Gasteiger partial charge < -0.3 is 10.6 Å². The van der Waals surface area contributed by atoms with Gasteiger partial charge in [-0.15, -0.1) is 0 Å². The van der Waals surface area contributed by atoms with E-state index in [4.69, 9.17) is 0 Å². The highest BCUT2D eigenvalue weighted by molar-refractivity contribution is 14.1. The number of benzene rings is 1. The van der Waals surface area contributed by atoms with Crippen molar-refractivity contribution >= 4 is 50.1 Å². The number of halogens is 2. The van der Waals surface area contributed by atoms with Crippen molar-refractivity contribution in [3.05, 3.63) is 26.2 Å². The first-order valence-electron chi connectivity index (χ1n) is 6.09. The normalized spacial score (nSPS) is 23.1. The average Bonchev–Trinajstić information content (AvgIpc) is 2.84. The summed E-state index contributed by atoms with van der Waals surface area (Å²) in [6.45, 7) is 2.98. The molecule has 1 aliphatic rings. The zero-order valence-electron chi connectivity index (χ0n) is 10.2.